The Balaban J connectivity index is 1.53. The van der Waals surface area contributed by atoms with Crippen molar-refractivity contribution in [3.8, 4) is 0 Å². The summed E-state index contributed by atoms with van der Waals surface area (Å²) in [5.41, 5.74) is 0.698. The average molecular weight is 476 g/mol. The highest BCUT2D eigenvalue weighted by molar-refractivity contribution is 6.32. The summed E-state index contributed by atoms with van der Waals surface area (Å²) in [5, 5.41) is 11.5. The van der Waals surface area contributed by atoms with Crippen LogP contribution in [0.25, 0.3) is 0 Å². The molecule has 0 saturated carbocycles. The monoisotopic (exact) mass is 475 g/mol. The van der Waals surface area contributed by atoms with E-state index in [1.54, 1.807) is 18.4 Å². The molecule has 2 radical (unpaired) electrons. The summed E-state index contributed by atoms with van der Waals surface area (Å²) in [6, 6.07) is 7.15. The molecule has 0 fully saturated rings. The molecule has 1 N–H and O–H groups in total. The normalized spacial score (nSPS) is 12.1. The second-order valence-corrected chi connectivity index (χ2v) is 11.0. The van der Waals surface area contributed by atoms with E-state index in [9.17, 15) is 4.79 Å². The molecule has 1 amide bonds. The van der Waals surface area contributed by atoms with Gasteiger partial charge in [-0.2, -0.15) is 9.90 Å². The lowest BCUT2D eigenvalue weighted by atomic mass is 10.1. The van der Waals surface area contributed by atoms with Gasteiger partial charge < -0.3 is 13.6 Å². The van der Waals surface area contributed by atoms with Crippen LogP contribution in [-0.2, 0) is 27.9 Å². The number of halogens is 1. The fourth-order valence-electron chi connectivity index (χ4n) is 2.46. The molecule has 3 rings (SSSR count). The van der Waals surface area contributed by atoms with Gasteiger partial charge in [-0.25, -0.2) is 9.78 Å². The lowest BCUT2D eigenvalue weighted by molar-refractivity contribution is 0.0766. The van der Waals surface area contributed by atoms with Crippen molar-refractivity contribution in [2.45, 2.75) is 58.4 Å². The van der Waals surface area contributed by atoms with Crippen molar-refractivity contribution in [1.29, 1.82) is 0 Å². The van der Waals surface area contributed by atoms with Gasteiger partial charge in [0.05, 0.1) is 6.20 Å². The van der Waals surface area contributed by atoms with E-state index >= 15 is 0 Å². The van der Waals surface area contributed by atoms with Crippen molar-refractivity contribution in [3.63, 3.8) is 0 Å². The molecule has 2 aromatic heterocycles. The molecular weight excluding hydrogens is 450 g/mol. The topological polar surface area (TPSA) is 104 Å². The number of amides is 1. The van der Waals surface area contributed by atoms with Crippen molar-refractivity contribution in [3.05, 3.63) is 58.9 Å². The number of oxazole rings is 1. The third kappa shape index (κ3) is 6.91. The highest BCUT2D eigenvalue weighted by Crippen LogP contribution is 2.29. The van der Waals surface area contributed by atoms with E-state index in [1.165, 1.54) is 11.0 Å². The fourth-order valence-corrected chi connectivity index (χ4v) is 3.29. The number of carbonyl (C=O) groups excluding carboxylic acids is 1. The Labute approximate surface area is 194 Å². The third-order valence-electron chi connectivity index (χ3n) is 4.07. The fraction of sp³-hybridized carbons (Fsp3) is 0.429. The molecule has 11 heteroatoms. The zero-order valence-corrected chi connectivity index (χ0v) is 20.4. The number of anilines is 1. The summed E-state index contributed by atoms with van der Waals surface area (Å²) < 4.78 is 16.8. The van der Waals surface area contributed by atoms with Crippen LogP contribution >= 0.6 is 11.6 Å². The van der Waals surface area contributed by atoms with E-state index in [1.807, 2.05) is 26.0 Å². The second-order valence-electron chi connectivity index (χ2n) is 8.66. The van der Waals surface area contributed by atoms with Gasteiger partial charge in [0.1, 0.15) is 30.7 Å². The average Bonchev–Trinajstić information content (AvgIpc) is 3.36. The van der Waals surface area contributed by atoms with Crippen LogP contribution in [0, 0.1) is 0 Å². The van der Waals surface area contributed by atoms with Crippen LogP contribution in [0.3, 0.4) is 0 Å². The highest BCUT2D eigenvalue weighted by atomic mass is 35.5. The molecule has 0 aliphatic carbocycles. The smallest absolute Gasteiger partial charge is 0.413 e. The van der Waals surface area contributed by atoms with Crippen LogP contribution in [0.4, 0.5) is 10.6 Å². The van der Waals surface area contributed by atoms with Gasteiger partial charge in [0.2, 0.25) is 15.7 Å². The summed E-state index contributed by atoms with van der Waals surface area (Å²) in [7, 11) is 0.302. The predicted molar refractivity (Wildman–Crippen MR) is 120 cm³/mol. The van der Waals surface area contributed by atoms with E-state index in [4.69, 9.17) is 25.2 Å². The molecule has 0 atom stereocenters. The molecule has 0 saturated heterocycles. The number of hydrogen-bond donors (Lipinski definition) is 1. The van der Waals surface area contributed by atoms with Crippen molar-refractivity contribution < 1.29 is 18.4 Å². The largest absolute Gasteiger partial charge is 0.446 e. The minimum atomic E-state index is -0.653. The molecule has 1 aromatic carbocycles. The van der Waals surface area contributed by atoms with Crippen LogP contribution in [0.2, 0.25) is 10.1 Å². The Bertz CT molecular complexity index is 1060. The maximum atomic E-state index is 12.0. The van der Waals surface area contributed by atoms with Crippen LogP contribution in [0.15, 0.2) is 41.1 Å². The second kappa shape index (κ2) is 9.84. The van der Waals surface area contributed by atoms with E-state index in [-0.39, 0.29) is 24.0 Å². The Morgan fingerprint density at radius 1 is 1.25 bits per heavy atom. The SMILES string of the molecule is CC(C)(C)[Si]OC(C)(C)c1nc(Cn2ncc(NC(=O)OCc3ccccc3Cl)n2)co1. The van der Waals surface area contributed by atoms with Crippen molar-refractivity contribution in [1.82, 2.24) is 20.0 Å². The first-order valence-corrected chi connectivity index (χ1v) is 11.3. The zero-order chi connectivity index (χ0) is 23.4. The van der Waals surface area contributed by atoms with Gasteiger partial charge in [0.15, 0.2) is 5.82 Å². The van der Waals surface area contributed by atoms with Gasteiger partial charge in [0.25, 0.3) is 0 Å². The number of hydrogen-bond acceptors (Lipinski definition) is 7. The predicted octanol–water partition coefficient (Wildman–Crippen LogP) is 4.81. The first-order chi connectivity index (χ1) is 15.0. The van der Waals surface area contributed by atoms with Crippen molar-refractivity contribution >= 4 is 33.3 Å². The molecule has 2 heterocycles. The van der Waals surface area contributed by atoms with Crippen LogP contribution in [-0.4, -0.2) is 35.8 Å². The molecule has 0 aliphatic rings. The number of carbonyl (C=O) groups is 1. The number of nitrogens with one attached hydrogen (secondary N) is 1. The first-order valence-electron chi connectivity index (χ1n) is 9.99. The van der Waals surface area contributed by atoms with Gasteiger partial charge in [-0.3, -0.25) is 5.32 Å². The lowest BCUT2D eigenvalue weighted by Crippen LogP contribution is -2.28. The van der Waals surface area contributed by atoms with Gasteiger partial charge in [0, 0.05) is 10.6 Å². The molecule has 170 valence electrons. The molecule has 0 aliphatic heterocycles. The number of rotatable bonds is 8. The van der Waals surface area contributed by atoms with E-state index in [2.05, 4.69) is 41.3 Å². The highest BCUT2D eigenvalue weighted by Gasteiger charge is 2.30. The summed E-state index contributed by atoms with van der Waals surface area (Å²) in [5.74, 6) is 0.742. The summed E-state index contributed by atoms with van der Waals surface area (Å²) in [6.07, 6.45) is 2.32. The Morgan fingerprint density at radius 3 is 2.72 bits per heavy atom. The summed E-state index contributed by atoms with van der Waals surface area (Å²) in [6.45, 7) is 10.5. The van der Waals surface area contributed by atoms with E-state index in [0.29, 0.717) is 31.9 Å². The van der Waals surface area contributed by atoms with E-state index < -0.39 is 11.7 Å². The van der Waals surface area contributed by atoms with Crippen LogP contribution in [0.5, 0.6) is 0 Å². The van der Waals surface area contributed by atoms with Crippen molar-refractivity contribution in [2.75, 3.05) is 5.32 Å². The third-order valence-corrected chi connectivity index (χ3v) is 5.66. The summed E-state index contributed by atoms with van der Waals surface area (Å²) >= 11 is 6.06. The number of benzene rings is 1. The van der Waals surface area contributed by atoms with Gasteiger partial charge in [-0.15, -0.1) is 5.10 Å². The van der Waals surface area contributed by atoms with E-state index in [0.717, 1.165) is 0 Å². The molecular formula is C21H26ClN5O4Si. The zero-order valence-electron chi connectivity index (χ0n) is 18.7. The molecule has 32 heavy (non-hydrogen) atoms. The van der Waals surface area contributed by atoms with Gasteiger partial charge in [-0.05, 0) is 25.0 Å². The minimum absolute atomic E-state index is 0.0506. The van der Waals surface area contributed by atoms with Gasteiger partial charge >= 0.3 is 6.09 Å². The Morgan fingerprint density at radius 2 is 2.00 bits per heavy atom. The molecule has 0 spiro atoms. The number of aromatic nitrogens is 4. The Kier molecular flexibility index (Phi) is 7.37. The molecule has 3 aromatic rings. The van der Waals surface area contributed by atoms with Crippen molar-refractivity contribution in [2.24, 2.45) is 0 Å². The van der Waals surface area contributed by atoms with Gasteiger partial charge in [-0.1, -0.05) is 50.6 Å². The maximum Gasteiger partial charge on any atom is 0.413 e. The number of nitrogens with zero attached hydrogens (tertiary/aromatic N) is 4. The lowest BCUT2D eigenvalue weighted by Gasteiger charge is -2.26. The summed E-state index contributed by atoms with van der Waals surface area (Å²) in [4.78, 5) is 17.9. The van der Waals surface area contributed by atoms with Crippen LogP contribution < -0.4 is 5.32 Å². The molecule has 0 unspecified atom stereocenters. The quantitative estimate of drug-likeness (QED) is 0.466. The first kappa shape index (κ1) is 24.0. The standard InChI is InChI=1S/C21H26ClN5O4Si/c1-20(2,3)32-31-21(4,5)18-24-15(13-29-18)11-27-23-10-17(26-27)25-19(28)30-12-14-8-6-7-9-16(14)22/h6-10,13H,11-12H2,1-5H3,(H,25,26,28). The molecule has 0 bridgehead atoms. The number of ether oxygens (including phenoxy) is 1. The maximum absolute atomic E-state index is 12.0. The van der Waals surface area contributed by atoms with Crippen LogP contribution in [0.1, 0.15) is 51.8 Å². The minimum Gasteiger partial charge on any atom is -0.446 e. The molecule has 9 nitrogen and oxygen atoms in total. The Hall–Kier alpha value is -2.69.